The van der Waals surface area contributed by atoms with Crippen LogP contribution in [0.15, 0.2) is 48.5 Å². The lowest BCUT2D eigenvalue weighted by Gasteiger charge is -2.24. The molecule has 0 aromatic heterocycles. The average Bonchev–Trinajstić information content (AvgIpc) is 2.48. The lowest BCUT2D eigenvalue weighted by molar-refractivity contribution is 0.483. The maximum Gasteiger partial charge on any atom is 0.0170 e. The molecule has 0 aliphatic carbocycles. The number of likely N-dealkylation sites (N-methyl/N-ethyl adjacent to an activating group) is 1. The van der Waals surface area contributed by atoms with Crippen LogP contribution in [0, 0.1) is 13.8 Å². The second-order valence-corrected chi connectivity index (χ2v) is 5.72. The largest absolute Gasteiger partial charge is 0.316 e. The zero-order chi connectivity index (χ0) is 14.5. The highest BCUT2D eigenvalue weighted by molar-refractivity contribution is 5.31. The van der Waals surface area contributed by atoms with Crippen LogP contribution < -0.4 is 5.32 Å². The summed E-state index contributed by atoms with van der Waals surface area (Å²) in [6.07, 6.45) is 1.06. The summed E-state index contributed by atoms with van der Waals surface area (Å²) in [5, 5.41) is 3.48. The molecule has 2 rings (SSSR count). The van der Waals surface area contributed by atoms with Crippen molar-refractivity contribution in [2.24, 2.45) is 0 Å². The van der Waals surface area contributed by atoms with E-state index in [-0.39, 0.29) is 0 Å². The zero-order valence-electron chi connectivity index (χ0n) is 13.0. The van der Waals surface area contributed by atoms with Crippen LogP contribution in [0.5, 0.6) is 0 Å². The van der Waals surface area contributed by atoms with E-state index in [1.807, 2.05) is 0 Å². The second kappa shape index (κ2) is 6.71. The first-order valence-corrected chi connectivity index (χ1v) is 7.40. The summed E-state index contributed by atoms with van der Waals surface area (Å²) in [6, 6.07) is 18.0. The molecule has 0 bridgehead atoms. The van der Waals surface area contributed by atoms with E-state index in [1.165, 1.54) is 22.3 Å². The van der Waals surface area contributed by atoms with E-state index in [4.69, 9.17) is 0 Å². The van der Waals surface area contributed by atoms with Crippen molar-refractivity contribution in [1.82, 2.24) is 5.32 Å². The molecule has 0 amide bonds. The highest BCUT2D eigenvalue weighted by atomic mass is 14.9. The Balaban J connectivity index is 2.14. The Bertz CT molecular complexity index is 545. The van der Waals surface area contributed by atoms with Crippen molar-refractivity contribution in [3.05, 3.63) is 70.8 Å². The third kappa shape index (κ3) is 3.49. The topological polar surface area (TPSA) is 12.0 Å². The Morgan fingerprint density at radius 2 is 1.65 bits per heavy atom. The van der Waals surface area contributed by atoms with Crippen molar-refractivity contribution in [3.63, 3.8) is 0 Å². The minimum absolute atomic E-state index is 0.458. The van der Waals surface area contributed by atoms with Crippen LogP contribution >= 0.6 is 0 Å². The molecule has 106 valence electrons. The first kappa shape index (κ1) is 14.8. The van der Waals surface area contributed by atoms with Gasteiger partial charge in [0.15, 0.2) is 0 Å². The van der Waals surface area contributed by atoms with Gasteiger partial charge in [-0.2, -0.15) is 0 Å². The molecule has 0 radical (unpaired) electrons. The molecule has 0 fully saturated rings. The maximum absolute atomic E-state index is 3.48. The van der Waals surface area contributed by atoms with Gasteiger partial charge in [0.05, 0.1) is 0 Å². The van der Waals surface area contributed by atoms with Gasteiger partial charge in [-0.1, -0.05) is 55.5 Å². The van der Waals surface area contributed by atoms with E-state index in [0.717, 1.165) is 6.42 Å². The summed E-state index contributed by atoms with van der Waals surface area (Å²) in [5.41, 5.74) is 5.56. The Morgan fingerprint density at radius 1 is 0.950 bits per heavy atom. The molecule has 20 heavy (non-hydrogen) atoms. The van der Waals surface area contributed by atoms with Crippen LogP contribution in [-0.2, 0) is 6.42 Å². The Hall–Kier alpha value is -1.60. The smallest absolute Gasteiger partial charge is 0.0170 e. The number of rotatable bonds is 5. The van der Waals surface area contributed by atoms with Gasteiger partial charge in [-0.05, 0) is 55.5 Å². The second-order valence-electron chi connectivity index (χ2n) is 5.72. The molecule has 0 saturated carbocycles. The van der Waals surface area contributed by atoms with E-state index >= 15 is 0 Å². The quantitative estimate of drug-likeness (QED) is 0.854. The van der Waals surface area contributed by atoms with E-state index in [0.29, 0.717) is 12.0 Å². The standard InChI is InChI=1S/C19H25N/c1-14-10-11-17(12-15(14)2)13-19(20-4)16(3)18-8-6-5-7-9-18/h5-12,16,19-20H,13H2,1-4H3. The van der Waals surface area contributed by atoms with Gasteiger partial charge in [-0.15, -0.1) is 0 Å². The van der Waals surface area contributed by atoms with Crippen LogP contribution in [0.3, 0.4) is 0 Å². The first-order valence-electron chi connectivity index (χ1n) is 7.40. The van der Waals surface area contributed by atoms with Gasteiger partial charge in [0.25, 0.3) is 0 Å². The van der Waals surface area contributed by atoms with Gasteiger partial charge < -0.3 is 5.32 Å². The van der Waals surface area contributed by atoms with Crippen LogP contribution in [0.1, 0.15) is 35.1 Å². The van der Waals surface area contributed by atoms with Crippen molar-refractivity contribution < 1.29 is 0 Å². The summed E-state index contributed by atoms with van der Waals surface area (Å²) in [5.74, 6) is 0.503. The number of benzene rings is 2. The fourth-order valence-electron chi connectivity index (χ4n) is 2.70. The number of hydrogen-bond donors (Lipinski definition) is 1. The average molecular weight is 267 g/mol. The minimum Gasteiger partial charge on any atom is -0.316 e. The fraction of sp³-hybridized carbons (Fsp3) is 0.368. The molecular formula is C19H25N. The van der Waals surface area contributed by atoms with Crippen LogP contribution in [0.4, 0.5) is 0 Å². The van der Waals surface area contributed by atoms with Gasteiger partial charge in [0, 0.05) is 6.04 Å². The molecule has 1 heteroatoms. The van der Waals surface area contributed by atoms with Gasteiger partial charge >= 0.3 is 0 Å². The van der Waals surface area contributed by atoms with Crippen LogP contribution in [0.25, 0.3) is 0 Å². The molecule has 2 atom stereocenters. The van der Waals surface area contributed by atoms with Crippen LogP contribution in [0.2, 0.25) is 0 Å². The summed E-state index contributed by atoms with van der Waals surface area (Å²) in [4.78, 5) is 0. The van der Waals surface area contributed by atoms with E-state index in [9.17, 15) is 0 Å². The Morgan fingerprint density at radius 3 is 2.25 bits per heavy atom. The van der Waals surface area contributed by atoms with E-state index in [1.54, 1.807) is 0 Å². The summed E-state index contributed by atoms with van der Waals surface area (Å²) in [6.45, 7) is 6.66. The molecule has 1 nitrogen and oxygen atoms in total. The van der Waals surface area contributed by atoms with Crippen molar-refractivity contribution in [2.75, 3.05) is 7.05 Å². The third-order valence-corrected chi connectivity index (χ3v) is 4.33. The normalized spacial score (nSPS) is 14.0. The van der Waals surface area contributed by atoms with Crippen molar-refractivity contribution in [2.45, 2.75) is 39.2 Å². The monoisotopic (exact) mass is 267 g/mol. The Labute approximate surface area is 123 Å². The fourth-order valence-corrected chi connectivity index (χ4v) is 2.70. The lowest BCUT2D eigenvalue weighted by atomic mass is 9.88. The van der Waals surface area contributed by atoms with Crippen molar-refractivity contribution in [1.29, 1.82) is 0 Å². The molecule has 0 spiro atoms. The number of aryl methyl sites for hydroxylation is 2. The predicted molar refractivity (Wildman–Crippen MR) is 87.3 cm³/mol. The molecule has 0 heterocycles. The molecule has 2 unspecified atom stereocenters. The summed E-state index contributed by atoms with van der Waals surface area (Å²) < 4.78 is 0. The highest BCUT2D eigenvalue weighted by Gasteiger charge is 2.17. The summed E-state index contributed by atoms with van der Waals surface area (Å²) >= 11 is 0. The molecule has 2 aromatic rings. The van der Waals surface area contributed by atoms with Gasteiger partial charge in [-0.25, -0.2) is 0 Å². The third-order valence-electron chi connectivity index (χ3n) is 4.33. The van der Waals surface area contributed by atoms with E-state index in [2.05, 4.69) is 81.7 Å². The van der Waals surface area contributed by atoms with Gasteiger partial charge in [0.2, 0.25) is 0 Å². The van der Waals surface area contributed by atoms with Crippen molar-refractivity contribution in [3.8, 4) is 0 Å². The van der Waals surface area contributed by atoms with Gasteiger partial charge in [-0.3, -0.25) is 0 Å². The molecular weight excluding hydrogens is 242 g/mol. The molecule has 0 aliphatic heterocycles. The van der Waals surface area contributed by atoms with Crippen molar-refractivity contribution >= 4 is 0 Å². The maximum atomic E-state index is 3.48. The molecule has 0 saturated heterocycles. The zero-order valence-corrected chi connectivity index (χ0v) is 13.0. The SMILES string of the molecule is CNC(Cc1ccc(C)c(C)c1)C(C)c1ccccc1. The Kier molecular flexibility index (Phi) is 4.97. The number of hydrogen-bond acceptors (Lipinski definition) is 1. The molecule has 1 N–H and O–H groups in total. The predicted octanol–water partition coefficient (Wildman–Crippen LogP) is 4.24. The molecule has 2 aromatic carbocycles. The number of nitrogens with one attached hydrogen (secondary N) is 1. The highest BCUT2D eigenvalue weighted by Crippen LogP contribution is 2.22. The minimum atomic E-state index is 0.458. The first-order chi connectivity index (χ1) is 9.61. The molecule has 0 aliphatic rings. The lowest BCUT2D eigenvalue weighted by Crippen LogP contribution is -2.33. The van der Waals surface area contributed by atoms with E-state index < -0.39 is 0 Å². The van der Waals surface area contributed by atoms with Crippen LogP contribution in [-0.4, -0.2) is 13.1 Å². The van der Waals surface area contributed by atoms with Gasteiger partial charge in [0.1, 0.15) is 0 Å². The summed E-state index contributed by atoms with van der Waals surface area (Å²) in [7, 11) is 2.06.